The summed E-state index contributed by atoms with van der Waals surface area (Å²) >= 11 is 15.8. The van der Waals surface area contributed by atoms with Crippen LogP contribution in [0.2, 0.25) is 0 Å². The van der Waals surface area contributed by atoms with Crippen LogP contribution in [0.1, 0.15) is 6.92 Å². The third kappa shape index (κ3) is 3.59. The van der Waals surface area contributed by atoms with Crippen molar-refractivity contribution in [3.63, 3.8) is 0 Å². The van der Waals surface area contributed by atoms with E-state index < -0.39 is 21.9 Å². The zero-order valence-electron chi connectivity index (χ0n) is 7.63. The van der Waals surface area contributed by atoms with E-state index in [0.717, 1.165) is 0 Å². The Morgan fingerprint density at radius 3 is 2.60 bits per heavy atom. The molecule has 0 spiro atoms. The van der Waals surface area contributed by atoms with Crippen molar-refractivity contribution in [2.45, 2.75) is 22.9 Å². The predicted molar refractivity (Wildman–Crippen MR) is 54.1 cm³/mol. The molecule has 86 valence electrons. The minimum Gasteiger partial charge on any atom is -0.460 e. The number of amides is 1. The Kier molecular flexibility index (Phi) is 3.92. The number of ether oxygens (including phenoxy) is 2. The molecule has 0 aromatic carbocycles. The summed E-state index contributed by atoms with van der Waals surface area (Å²) in [5.74, 6) is -0.985. The highest BCUT2D eigenvalue weighted by molar-refractivity contribution is 6.75. The van der Waals surface area contributed by atoms with E-state index >= 15 is 0 Å². The summed E-state index contributed by atoms with van der Waals surface area (Å²) in [7, 11) is 0. The molecule has 1 N–H and O–H groups in total. The Bertz CT molecular complexity index is 278. The van der Waals surface area contributed by atoms with E-state index in [2.05, 4.69) is 10.1 Å². The molecule has 0 radical (unpaired) electrons. The number of halogens is 3. The molecule has 1 heterocycles. The number of rotatable bonds is 2. The zero-order valence-corrected chi connectivity index (χ0v) is 9.90. The highest BCUT2D eigenvalue weighted by Gasteiger charge is 2.36. The number of hydrogen-bond acceptors (Lipinski definition) is 4. The van der Waals surface area contributed by atoms with Crippen LogP contribution in [0.15, 0.2) is 0 Å². The second-order valence-electron chi connectivity index (χ2n) is 2.96. The lowest BCUT2D eigenvalue weighted by molar-refractivity contribution is -0.143. The van der Waals surface area contributed by atoms with Gasteiger partial charge in [0, 0.05) is 0 Å². The lowest BCUT2D eigenvalue weighted by Gasteiger charge is -2.15. The fraction of sp³-hybridized carbons (Fsp3) is 0.714. The molecule has 1 amide bonds. The van der Waals surface area contributed by atoms with Crippen LogP contribution < -0.4 is 5.32 Å². The van der Waals surface area contributed by atoms with Crippen LogP contribution >= 0.6 is 34.8 Å². The molecule has 0 saturated carbocycles. The van der Waals surface area contributed by atoms with Crippen LogP contribution in [-0.2, 0) is 14.3 Å². The van der Waals surface area contributed by atoms with Crippen molar-refractivity contribution < 1.29 is 19.1 Å². The van der Waals surface area contributed by atoms with Crippen LogP contribution in [0.5, 0.6) is 0 Å². The maximum atomic E-state index is 11.0. The molecule has 5 nitrogen and oxygen atoms in total. The van der Waals surface area contributed by atoms with Gasteiger partial charge in [-0.15, -0.1) is 0 Å². The first-order valence-electron chi connectivity index (χ1n) is 4.02. The largest absolute Gasteiger partial charge is 0.460 e. The van der Waals surface area contributed by atoms with Crippen LogP contribution in [-0.4, -0.2) is 34.6 Å². The monoisotopic (exact) mass is 275 g/mol. The summed E-state index contributed by atoms with van der Waals surface area (Å²) in [5, 5.41) is 2.44. The Morgan fingerprint density at radius 1 is 1.60 bits per heavy atom. The van der Waals surface area contributed by atoms with E-state index in [1.807, 2.05) is 0 Å². The number of esters is 1. The third-order valence-corrected chi connectivity index (χ3v) is 2.25. The molecule has 1 aliphatic rings. The van der Waals surface area contributed by atoms with Crippen molar-refractivity contribution in [2.75, 3.05) is 6.61 Å². The maximum absolute atomic E-state index is 11.0. The van der Waals surface area contributed by atoms with E-state index in [9.17, 15) is 9.59 Å². The summed E-state index contributed by atoms with van der Waals surface area (Å²) < 4.78 is 7.33. The summed E-state index contributed by atoms with van der Waals surface area (Å²) in [6.45, 7) is 1.56. The topological polar surface area (TPSA) is 64.6 Å². The van der Waals surface area contributed by atoms with Crippen molar-refractivity contribution in [3.05, 3.63) is 0 Å². The molecule has 0 unspecified atom stereocenters. The highest BCUT2D eigenvalue weighted by Crippen LogP contribution is 2.27. The number of alkyl halides is 3. The Labute approximate surface area is 101 Å². The van der Waals surface area contributed by atoms with Crippen molar-refractivity contribution in [1.82, 2.24) is 5.32 Å². The number of carbonyl (C=O) groups excluding carboxylic acids is 2. The first-order valence-corrected chi connectivity index (χ1v) is 5.15. The van der Waals surface area contributed by atoms with Gasteiger partial charge < -0.3 is 14.8 Å². The van der Waals surface area contributed by atoms with Crippen molar-refractivity contribution in [3.8, 4) is 0 Å². The van der Waals surface area contributed by atoms with Gasteiger partial charge in [0.15, 0.2) is 0 Å². The molecule has 0 aromatic heterocycles. The molecule has 1 aliphatic heterocycles. The number of carbonyl (C=O) groups is 2. The first kappa shape index (κ1) is 12.7. The molecule has 1 saturated heterocycles. The second kappa shape index (κ2) is 4.63. The van der Waals surface area contributed by atoms with Gasteiger partial charge in [-0.3, -0.25) is 0 Å². The zero-order chi connectivity index (χ0) is 11.6. The number of alkyl carbamates (subject to hydrolysis) is 1. The molecule has 0 bridgehead atoms. The van der Waals surface area contributed by atoms with Gasteiger partial charge >= 0.3 is 12.1 Å². The molecule has 0 aliphatic carbocycles. The Hall–Kier alpha value is -0.390. The van der Waals surface area contributed by atoms with Crippen LogP contribution in [0, 0.1) is 0 Å². The Morgan fingerprint density at radius 2 is 2.20 bits per heavy atom. The van der Waals surface area contributed by atoms with Crippen molar-refractivity contribution >= 4 is 46.9 Å². The average Bonchev–Trinajstić information content (AvgIpc) is 2.39. The quantitative estimate of drug-likeness (QED) is 0.611. The van der Waals surface area contributed by atoms with E-state index in [1.165, 1.54) is 0 Å². The molecule has 15 heavy (non-hydrogen) atoms. The fourth-order valence-electron chi connectivity index (χ4n) is 0.978. The SMILES string of the molecule is C[C@H]1OC(=O)N[C@H]1COC(=O)C(Cl)(Cl)Cl. The molecule has 1 rings (SSSR count). The summed E-state index contributed by atoms with van der Waals surface area (Å²) in [5.41, 5.74) is 0. The molecule has 2 atom stereocenters. The van der Waals surface area contributed by atoms with E-state index in [1.54, 1.807) is 6.92 Å². The molecule has 0 aromatic rings. The molecular weight excluding hydrogens is 268 g/mol. The second-order valence-corrected chi connectivity index (χ2v) is 5.24. The number of nitrogens with one attached hydrogen (secondary N) is 1. The number of hydrogen-bond donors (Lipinski definition) is 1. The molecular formula is C7H8Cl3NO4. The Balaban J connectivity index is 2.38. The van der Waals surface area contributed by atoms with Crippen LogP contribution in [0.25, 0.3) is 0 Å². The smallest absolute Gasteiger partial charge is 0.407 e. The van der Waals surface area contributed by atoms with Crippen molar-refractivity contribution in [1.29, 1.82) is 0 Å². The predicted octanol–water partition coefficient (Wildman–Crippen LogP) is 1.40. The standard InChI is InChI=1S/C7H8Cl3NO4/c1-3-4(11-6(13)15-3)2-14-5(12)7(8,9)10/h3-4H,2H2,1H3,(H,11,13)/t3-,4+/m1/s1. The van der Waals surface area contributed by atoms with Gasteiger partial charge in [-0.25, -0.2) is 9.59 Å². The van der Waals surface area contributed by atoms with Gasteiger partial charge in [-0.2, -0.15) is 0 Å². The van der Waals surface area contributed by atoms with Gasteiger partial charge in [0.25, 0.3) is 3.79 Å². The highest BCUT2D eigenvalue weighted by atomic mass is 35.6. The lowest BCUT2D eigenvalue weighted by Crippen LogP contribution is -2.37. The summed E-state index contributed by atoms with van der Waals surface area (Å²) in [6.07, 6.45) is -0.946. The summed E-state index contributed by atoms with van der Waals surface area (Å²) in [6, 6.07) is -0.422. The lowest BCUT2D eigenvalue weighted by atomic mass is 10.2. The van der Waals surface area contributed by atoms with Crippen LogP contribution in [0.3, 0.4) is 0 Å². The normalized spacial score (nSPS) is 25.7. The minimum absolute atomic E-state index is 0.0976. The van der Waals surface area contributed by atoms with E-state index in [4.69, 9.17) is 39.5 Å². The number of cyclic esters (lactones) is 1. The third-order valence-electron chi connectivity index (χ3n) is 1.79. The molecule has 8 heteroatoms. The van der Waals surface area contributed by atoms with Gasteiger partial charge in [0.1, 0.15) is 18.8 Å². The molecule has 1 fully saturated rings. The minimum atomic E-state index is -2.10. The fourth-order valence-corrected chi connectivity index (χ4v) is 1.14. The van der Waals surface area contributed by atoms with E-state index in [0.29, 0.717) is 0 Å². The summed E-state index contributed by atoms with van der Waals surface area (Å²) in [4.78, 5) is 21.8. The van der Waals surface area contributed by atoms with Gasteiger partial charge in [-0.1, -0.05) is 34.8 Å². The van der Waals surface area contributed by atoms with Crippen LogP contribution in [0.4, 0.5) is 4.79 Å². The average molecular weight is 277 g/mol. The van der Waals surface area contributed by atoms with Gasteiger partial charge in [-0.05, 0) is 6.92 Å². The van der Waals surface area contributed by atoms with E-state index in [-0.39, 0.29) is 12.7 Å². The first-order chi connectivity index (χ1) is 6.80. The maximum Gasteiger partial charge on any atom is 0.407 e. The van der Waals surface area contributed by atoms with Crippen molar-refractivity contribution in [2.24, 2.45) is 0 Å². The van der Waals surface area contributed by atoms with Gasteiger partial charge in [0.2, 0.25) is 0 Å². The van der Waals surface area contributed by atoms with Gasteiger partial charge in [0.05, 0.1) is 0 Å².